The van der Waals surface area contributed by atoms with E-state index in [0.717, 1.165) is 29.1 Å². The second-order valence-corrected chi connectivity index (χ2v) is 13.3. The highest BCUT2D eigenvalue weighted by molar-refractivity contribution is 14.1. The number of hydrogen-bond donors (Lipinski definition) is 0. The van der Waals surface area contributed by atoms with Crippen LogP contribution in [-0.4, -0.2) is 4.57 Å². The molecule has 1 aliphatic carbocycles. The first-order valence-electron chi connectivity index (χ1n) is 15.7. The van der Waals surface area contributed by atoms with Crippen LogP contribution in [0, 0.1) is 3.57 Å². The van der Waals surface area contributed by atoms with E-state index in [4.69, 9.17) is 9.47 Å². The van der Waals surface area contributed by atoms with Crippen molar-refractivity contribution in [2.24, 2.45) is 0 Å². The first-order valence-corrected chi connectivity index (χ1v) is 16.8. The summed E-state index contributed by atoms with van der Waals surface area (Å²) in [6.07, 6.45) is 7.65. The van der Waals surface area contributed by atoms with Gasteiger partial charge >= 0.3 is 0 Å². The lowest BCUT2D eigenvalue weighted by molar-refractivity contribution is 0.195. The molecule has 0 aliphatic heterocycles. The van der Waals surface area contributed by atoms with E-state index in [1.54, 1.807) is 0 Å². The Morgan fingerprint density at radius 2 is 1.28 bits per heavy atom. The summed E-state index contributed by atoms with van der Waals surface area (Å²) in [5.41, 5.74) is 6.80. The summed E-state index contributed by atoms with van der Waals surface area (Å²) >= 11 is 2.38. The number of benzene rings is 5. The second-order valence-electron chi connectivity index (χ2n) is 12.0. The monoisotopic (exact) mass is 713 g/mol. The molecule has 1 aromatic heterocycles. The van der Waals surface area contributed by atoms with Gasteiger partial charge in [0.2, 0.25) is 0 Å². The van der Waals surface area contributed by atoms with Crippen molar-refractivity contribution in [2.75, 3.05) is 0 Å². The van der Waals surface area contributed by atoms with E-state index in [1.807, 2.05) is 24.3 Å². The first kappa shape index (κ1) is 30.1. The number of fused-ring (bicyclic) bond motifs is 1. The quantitative estimate of drug-likeness (QED) is 0.132. The number of aromatic nitrogens is 1. The molecular formula is C42H36INO2. The van der Waals surface area contributed by atoms with E-state index >= 15 is 0 Å². The lowest BCUT2D eigenvalue weighted by Crippen LogP contribution is -2.42. The number of rotatable bonds is 10. The van der Waals surface area contributed by atoms with Gasteiger partial charge in [-0.25, -0.2) is 0 Å². The Balaban J connectivity index is 1.33. The van der Waals surface area contributed by atoms with Crippen LogP contribution in [0.4, 0.5) is 0 Å². The topological polar surface area (TPSA) is 23.4 Å². The smallest absolute Gasteiger partial charge is 0.119 e. The zero-order valence-corrected chi connectivity index (χ0v) is 28.0. The molecule has 1 heterocycles. The number of allylic oxidation sites excluding steroid dienone is 3. The van der Waals surface area contributed by atoms with Gasteiger partial charge in [-0.15, -0.1) is 0 Å². The molecule has 0 saturated carbocycles. The Morgan fingerprint density at radius 3 is 1.98 bits per heavy atom. The minimum Gasteiger partial charge on any atom is -0.489 e. The molecule has 1 aliphatic rings. The SMILES string of the molecule is CC1=CC(OCc2ccccc2)=CC(Cc2ccc(I)cc2)(n2ccc3ccccc32)C1c1ccc(OCc2ccccc2)cc1. The van der Waals surface area contributed by atoms with Crippen LogP contribution >= 0.6 is 22.6 Å². The van der Waals surface area contributed by atoms with Crippen molar-refractivity contribution in [1.82, 2.24) is 4.57 Å². The maximum absolute atomic E-state index is 6.59. The molecule has 3 nitrogen and oxygen atoms in total. The van der Waals surface area contributed by atoms with Gasteiger partial charge in [-0.05, 0) is 106 Å². The van der Waals surface area contributed by atoms with Crippen LogP contribution in [0.3, 0.4) is 0 Å². The zero-order chi connectivity index (χ0) is 31.3. The summed E-state index contributed by atoms with van der Waals surface area (Å²) in [4.78, 5) is 0. The molecule has 7 rings (SSSR count). The molecule has 0 radical (unpaired) electrons. The Bertz CT molecular complexity index is 1980. The molecule has 0 N–H and O–H groups in total. The van der Waals surface area contributed by atoms with Gasteiger partial charge in [0, 0.05) is 27.6 Å². The van der Waals surface area contributed by atoms with E-state index in [-0.39, 0.29) is 5.92 Å². The van der Waals surface area contributed by atoms with Crippen molar-refractivity contribution in [3.8, 4) is 5.75 Å². The minimum absolute atomic E-state index is 0.0508. The average Bonchev–Trinajstić information content (AvgIpc) is 3.54. The summed E-state index contributed by atoms with van der Waals surface area (Å²) in [6, 6.07) is 49.2. The molecule has 2 unspecified atom stereocenters. The highest BCUT2D eigenvalue weighted by Gasteiger charge is 2.44. The molecule has 46 heavy (non-hydrogen) atoms. The van der Waals surface area contributed by atoms with Crippen molar-refractivity contribution >= 4 is 33.5 Å². The van der Waals surface area contributed by atoms with E-state index in [1.165, 1.54) is 31.2 Å². The molecule has 0 saturated heterocycles. The molecule has 228 valence electrons. The van der Waals surface area contributed by atoms with E-state index in [9.17, 15) is 0 Å². The minimum atomic E-state index is -0.479. The zero-order valence-electron chi connectivity index (χ0n) is 25.9. The number of ether oxygens (including phenoxy) is 2. The highest BCUT2D eigenvalue weighted by atomic mass is 127. The van der Waals surface area contributed by atoms with Crippen LogP contribution < -0.4 is 4.74 Å². The van der Waals surface area contributed by atoms with Gasteiger partial charge in [-0.1, -0.05) is 109 Å². The van der Waals surface area contributed by atoms with Gasteiger partial charge in [-0.3, -0.25) is 0 Å². The molecule has 0 fully saturated rings. The molecular weight excluding hydrogens is 677 g/mol. The third-order valence-corrected chi connectivity index (χ3v) is 9.60. The number of nitrogens with zero attached hydrogens (tertiary/aromatic N) is 1. The van der Waals surface area contributed by atoms with Crippen molar-refractivity contribution in [1.29, 1.82) is 0 Å². The summed E-state index contributed by atoms with van der Waals surface area (Å²) in [7, 11) is 0. The van der Waals surface area contributed by atoms with Crippen LogP contribution in [0.15, 0.2) is 169 Å². The maximum atomic E-state index is 6.59. The summed E-state index contributed by atoms with van der Waals surface area (Å²) in [5.74, 6) is 1.81. The summed E-state index contributed by atoms with van der Waals surface area (Å²) < 4.78 is 16.5. The lowest BCUT2D eigenvalue weighted by Gasteiger charge is -2.44. The van der Waals surface area contributed by atoms with Crippen LogP contribution in [0.2, 0.25) is 0 Å². The average molecular weight is 714 g/mol. The van der Waals surface area contributed by atoms with E-state index < -0.39 is 5.54 Å². The molecule has 6 aromatic rings. The molecule has 5 aromatic carbocycles. The Labute approximate surface area is 285 Å². The Morgan fingerprint density at radius 1 is 0.652 bits per heavy atom. The largest absolute Gasteiger partial charge is 0.489 e. The fraction of sp³-hybridized carbons (Fsp3) is 0.143. The van der Waals surface area contributed by atoms with Crippen molar-refractivity contribution in [3.63, 3.8) is 0 Å². The first-order chi connectivity index (χ1) is 22.6. The molecule has 4 heteroatoms. The fourth-order valence-corrected chi connectivity index (χ4v) is 7.13. The standard InChI is InChI=1S/C42H36INO2/c1-31-26-39(46-30-34-12-6-3-7-13-34)28-42(27-32-16-20-37(43)21-17-32,44-25-24-35-14-8-9-15-40(35)44)41(31)36-18-22-38(23-19-36)45-29-33-10-4-2-5-11-33/h2-26,28,41H,27,29-30H2,1H3. The normalized spacial score (nSPS) is 17.7. The lowest BCUT2D eigenvalue weighted by atomic mass is 9.68. The number of para-hydroxylation sites is 1. The van der Waals surface area contributed by atoms with Crippen LogP contribution in [-0.2, 0) is 29.9 Å². The number of hydrogen-bond acceptors (Lipinski definition) is 2. The molecule has 2 atom stereocenters. The third kappa shape index (κ3) is 6.40. The van der Waals surface area contributed by atoms with Crippen molar-refractivity contribution in [3.05, 3.63) is 195 Å². The van der Waals surface area contributed by atoms with Gasteiger partial charge in [-0.2, -0.15) is 0 Å². The predicted octanol–water partition coefficient (Wildman–Crippen LogP) is 10.6. The molecule has 0 spiro atoms. The van der Waals surface area contributed by atoms with Crippen molar-refractivity contribution in [2.45, 2.75) is 38.0 Å². The van der Waals surface area contributed by atoms with Crippen LogP contribution in [0.1, 0.15) is 35.1 Å². The van der Waals surface area contributed by atoms with Gasteiger partial charge < -0.3 is 14.0 Å². The predicted molar refractivity (Wildman–Crippen MR) is 196 cm³/mol. The summed E-state index contributed by atoms with van der Waals surface area (Å²) in [5, 5.41) is 1.22. The second kappa shape index (κ2) is 13.4. The van der Waals surface area contributed by atoms with Crippen LogP contribution in [0.5, 0.6) is 5.75 Å². The van der Waals surface area contributed by atoms with Crippen LogP contribution in [0.25, 0.3) is 10.9 Å². The van der Waals surface area contributed by atoms with E-state index in [2.05, 4.69) is 168 Å². The van der Waals surface area contributed by atoms with Gasteiger partial charge in [0.25, 0.3) is 0 Å². The molecule has 0 amide bonds. The van der Waals surface area contributed by atoms with Crippen molar-refractivity contribution < 1.29 is 9.47 Å². The molecule has 0 bridgehead atoms. The van der Waals surface area contributed by atoms with Gasteiger partial charge in [0.05, 0.1) is 5.54 Å². The fourth-order valence-electron chi connectivity index (χ4n) is 6.77. The number of halogens is 1. The Kier molecular flexibility index (Phi) is 8.80. The third-order valence-electron chi connectivity index (χ3n) is 8.88. The van der Waals surface area contributed by atoms with E-state index in [0.29, 0.717) is 13.2 Å². The Hall–Kier alpha value is -4.55. The maximum Gasteiger partial charge on any atom is 0.119 e. The van der Waals surface area contributed by atoms with Gasteiger partial charge in [0.15, 0.2) is 0 Å². The van der Waals surface area contributed by atoms with Gasteiger partial charge in [0.1, 0.15) is 24.7 Å². The highest BCUT2D eigenvalue weighted by Crippen LogP contribution is 2.49. The summed E-state index contributed by atoms with van der Waals surface area (Å²) in [6.45, 7) is 3.30.